The highest BCUT2D eigenvalue weighted by Crippen LogP contribution is 2.26. The van der Waals surface area contributed by atoms with Gasteiger partial charge in [-0.3, -0.25) is 14.6 Å². The molecule has 7 heteroatoms. The van der Waals surface area contributed by atoms with Crippen LogP contribution < -0.4 is 0 Å². The number of carboxylic acid groups (broad SMARTS) is 1. The third kappa shape index (κ3) is 5.11. The van der Waals surface area contributed by atoms with Crippen molar-refractivity contribution in [2.75, 3.05) is 39.8 Å². The van der Waals surface area contributed by atoms with Crippen molar-refractivity contribution in [2.45, 2.75) is 12.6 Å². The topological polar surface area (TPSA) is 53.0 Å². The molecule has 0 aromatic heterocycles. The predicted molar refractivity (Wildman–Crippen MR) is 86.6 cm³/mol. The number of hydrogen-bond acceptors (Lipinski definition) is 4. The van der Waals surface area contributed by atoms with Crippen LogP contribution in [0, 0.1) is 0 Å². The van der Waals surface area contributed by atoms with Gasteiger partial charge in [-0.2, -0.15) is 0 Å². The molecule has 22 heavy (non-hydrogen) atoms. The summed E-state index contributed by atoms with van der Waals surface area (Å²) in [5.74, 6) is -0.833. The molecule has 0 bridgehead atoms. The van der Waals surface area contributed by atoms with Gasteiger partial charge in [0.15, 0.2) is 0 Å². The van der Waals surface area contributed by atoms with E-state index in [1.54, 1.807) is 18.0 Å². The molecule has 0 radical (unpaired) electrons. The molecular formula is C15H20Cl2N2O3. The Morgan fingerprint density at radius 2 is 2.27 bits per heavy atom. The largest absolute Gasteiger partial charge is 0.480 e. The highest BCUT2D eigenvalue weighted by Gasteiger charge is 2.23. The van der Waals surface area contributed by atoms with E-state index in [2.05, 4.69) is 4.90 Å². The molecular weight excluding hydrogens is 327 g/mol. The van der Waals surface area contributed by atoms with Crippen molar-refractivity contribution in [1.82, 2.24) is 9.80 Å². The summed E-state index contributed by atoms with van der Waals surface area (Å²) < 4.78 is 5.72. The van der Waals surface area contributed by atoms with E-state index in [1.807, 2.05) is 12.1 Å². The molecule has 1 atom stereocenters. The van der Waals surface area contributed by atoms with Crippen LogP contribution in [0.15, 0.2) is 18.2 Å². The lowest BCUT2D eigenvalue weighted by atomic mass is 10.2. The summed E-state index contributed by atoms with van der Waals surface area (Å²) in [4.78, 5) is 14.7. The zero-order valence-electron chi connectivity index (χ0n) is 12.5. The molecule has 0 aliphatic carbocycles. The molecule has 0 saturated carbocycles. The van der Waals surface area contributed by atoms with Gasteiger partial charge < -0.3 is 9.84 Å². The van der Waals surface area contributed by atoms with Crippen molar-refractivity contribution in [3.05, 3.63) is 33.8 Å². The second-order valence-corrected chi connectivity index (χ2v) is 6.32. The summed E-state index contributed by atoms with van der Waals surface area (Å²) >= 11 is 12.3. The summed E-state index contributed by atoms with van der Waals surface area (Å²) in [7, 11) is 1.78. The van der Waals surface area contributed by atoms with Crippen LogP contribution in [-0.2, 0) is 16.1 Å². The van der Waals surface area contributed by atoms with E-state index in [1.165, 1.54) is 0 Å². The van der Waals surface area contributed by atoms with E-state index >= 15 is 0 Å². The lowest BCUT2D eigenvalue weighted by Gasteiger charge is -2.34. The van der Waals surface area contributed by atoms with Crippen LogP contribution in [0.2, 0.25) is 10.0 Å². The molecule has 1 aliphatic heterocycles. The number of likely N-dealkylation sites (N-methyl/N-ethyl adjacent to an activating group) is 1. The number of aliphatic carboxylic acids is 1. The van der Waals surface area contributed by atoms with Crippen LogP contribution in [0.3, 0.4) is 0 Å². The molecule has 1 N–H and O–H groups in total. The minimum absolute atomic E-state index is 0.00365. The lowest BCUT2D eigenvalue weighted by molar-refractivity contribution is -0.138. The van der Waals surface area contributed by atoms with Crippen molar-refractivity contribution in [1.29, 1.82) is 0 Å². The van der Waals surface area contributed by atoms with E-state index in [9.17, 15) is 4.79 Å². The fourth-order valence-corrected chi connectivity index (χ4v) is 2.97. The molecule has 0 amide bonds. The van der Waals surface area contributed by atoms with Crippen LogP contribution in [0.5, 0.6) is 0 Å². The molecule has 1 fully saturated rings. The molecule has 1 aliphatic rings. The van der Waals surface area contributed by atoms with Crippen LogP contribution >= 0.6 is 23.2 Å². The first-order valence-electron chi connectivity index (χ1n) is 7.13. The van der Waals surface area contributed by atoms with Gasteiger partial charge in [0.25, 0.3) is 0 Å². The maximum atomic E-state index is 10.7. The Bertz CT molecular complexity index is 528. The number of ether oxygens (including phenoxy) is 1. The van der Waals surface area contributed by atoms with Gasteiger partial charge in [-0.1, -0.05) is 35.3 Å². The lowest BCUT2D eigenvalue weighted by Crippen LogP contribution is -2.47. The fraction of sp³-hybridized carbons (Fsp3) is 0.533. The molecule has 122 valence electrons. The molecule has 5 nitrogen and oxygen atoms in total. The zero-order valence-corrected chi connectivity index (χ0v) is 14.0. The number of nitrogens with zero attached hydrogens (tertiary/aromatic N) is 2. The smallest absolute Gasteiger partial charge is 0.317 e. The van der Waals surface area contributed by atoms with Gasteiger partial charge >= 0.3 is 5.97 Å². The Hall–Kier alpha value is -0.850. The summed E-state index contributed by atoms with van der Waals surface area (Å²) in [6, 6.07) is 5.63. The highest BCUT2D eigenvalue weighted by molar-refractivity contribution is 6.42. The van der Waals surface area contributed by atoms with Crippen LogP contribution in [0.4, 0.5) is 0 Å². The second kappa shape index (κ2) is 8.13. The monoisotopic (exact) mass is 346 g/mol. The summed E-state index contributed by atoms with van der Waals surface area (Å²) in [6.45, 7) is 3.51. The van der Waals surface area contributed by atoms with E-state index in [0.717, 1.165) is 18.7 Å². The quantitative estimate of drug-likeness (QED) is 0.855. The van der Waals surface area contributed by atoms with Gasteiger partial charge in [0.05, 0.1) is 29.3 Å². The van der Waals surface area contributed by atoms with Gasteiger partial charge in [-0.15, -0.1) is 0 Å². The summed E-state index contributed by atoms with van der Waals surface area (Å²) in [5, 5.41) is 9.95. The second-order valence-electron chi connectivity index (χ2n) is 5.53. The SMILES string of the molecule is CN(CC(=O)O)CC1CN(Cc2cccc(Cl)c2Cl)CCO1. The third-order valence-corrected chi connectivity index (χ3v) is 4.43. The van der Waals surface area contributed by atoms with E-state index < -0.39 is 5.97 Å². The number of benzene rings is 1. The van der Waals surface area contributed by atoms with Gasteiger partial charge in [0.1, 0.15) is 0 Å². The fourth-order valence-electron chi connectivity index (χ4n) is 2.59. The maximum Gasteiger partial charge on any atom is 0.317 e. The molecule has 0 spiro atoms. The Morgan fingerprint density at radius 1 is 1.50 bits per heavy atom. The van der Waals surface area contributed by atoms with Gasteiger partial charge in [-0.25, -0.2) is 0 Å². The van der Waals surface area contributed by atoms with E-state index in [0.29, 0.717) is 29.7 Å². The Labute approximate surface area is 140 Å². The molecule has 2 rings (SSSR count). The average molecular weight is 347 g/mol. The summed E-state index contributed by atoms with van der Waals surface area (Å²) in [6.07, 6.45) is -0.00365. The first kappa shape index (κ1) is 17.5. The normalized spacial score (nSPS) is 19.5. The van der Waals surface area contributed by atoms with Gasteiger partial charge in [-0.05, 0) is 18.7 Å². The minimum atomic E-state index is -0.833. The van der Waals surface area contributed by atoms with Gasteiger partial charge in [0, 0.05) is 26.2 Å². The first-order chi connectivity index (χ1) is 10.5. The Kier molecular flexibility index (Phi) is 6.47. The number of halogens is 2. The number of morpholine rings is 1. The maximum absolute atomic E-state index is 10.7. The van der Waals surface area contributed by atoms with Gasteiger partial charge in [0.2, 0.25) is 0 Å². The molecule has 1 unspecified atom stereocenters. The Balaban J connectivity index is 1.90. The molecule has 1 aromatic rings. The number of carboxylic acids is 1. The highest BCUT2D eigenvalue weighted by atomic mass is 35.5. The van der Waals surface area contributed by atoms with E-state index in [4.69, 9.17) is 33.0 Å². The zero-order chi connectivity index (χ0) is 16.1. The van der Waals surface area contributed by atoms with Crippen molar-refractivity contribution >= 4 is 29.2 Å². The first-order valence-corrected chi connectivity index (χ1v) is 7.88. The molecule has 1 saturated heterocycles. The minimum Gasteiger partial charge on any atom is -0.480 e. The molecule has 1 aromatic carbocycles. The van der Waals surface area contributed by atoms with Crippen molar-refractivity contribution in [2.24, 2.45) is 0 Å². The number of rotatable bonds is 6. The molecule has 1 heterocycles. The van der Waals surface area contributed by atoms with Crippen LogP contribution in [0.1, 0.15) is 5.56 Å². The van der Waals surface area contributed by atoms with Crippen molar-refractivity contribution < 1.29 is 14.6 Å². The van der Waals surface area contributed by atoms with Crippen molar-refractivity contribution in [3.63, 3.8) is 0 Å². The van der Waals surface area contributed by atoms with Crippen LogP contribution in [0.25, 0.3) is 0 Å². The third-order valence-electron chi connectivity index (χ3n) is 3.57. The Morgan fingerprint density at radius 3 is 3.00 bits per heavy atom. The number of carbonyl (C=O) groups is 1. The summed E-state index contributed by atoms with van der Waals surface area (Å²) in [5.41, 5.74) is 0.994. The van der Waals surface area contributed by atoms with Crippen molar-refractivity contribution in [3.8, 4) is 0 Å². The van der Waals surface area contributed by atoms with E-state index in [-0.39, 0.29) is 12.6 Å². The van der Waals surface area contributed by atoms with Crippen LogP contribution in [-0.4, -0.2) is 66.8 Å². The predicted octanol–water partition coefficient (Wildman–Crippen LogP) is 2.21. The standard InChI is InChI=1S/C15H20Cl2N2O3/c1-18(10-14(20)21)8-12-9-19(5-6-22-12)7-11-3-2-4-13(16)15(11)17/h2-4,12H,5-10H2,1H3,(H,20,21). The number of hydrogen-bond donors (Lipinski definition) is 1. The average Bonchev–Trinajstić information content (AvgIpc) is 2.43.